The number of carbonyl (C=O) groups is 1. The second-order valence-electron chi connectivity index (χ2n) is 4.94. The quantitative estimate of drug-likeness (QED) is 0.786. The molecule has 0 aliphatic rings. The van der Waals surface area contributed by atoms with Crippen molar-refractivity contribution < 1.29 is 23.0 Å². The largest absolute Gasteiger partial charge is 0.493 e. The van der Waals surface area contributed by atoms with E-state index in [0.29, 0.717) is 17.9 Å². The fourth-order valence-electron chi connectivity index (χ4n) is 2.05. The average molecular weight is 333 g/mol. The SMILES string of the molecule is C=CCc1ccc(OCC(=O)Nc2cc(F)ccc2F)c(OC)c1. The Morgan fingerprint density at radius 3 is 2.71 bits per heavy atom. The second kappa shape index (κ2) is 8.10. The van der Waals surface area contributed by atoms with E-state index < -0.39 is 17.5 Å². The lowest BCUT2D eigenvalue weighted by Gasteiger charge is -2.12. The van der Waals surface area contributed by atoms with Crippen molar-refractivity contribution in [1.29, 1.82) is 0 Å². The van der Waals surface area contributed by atoms with Gasteiger partial charge >= 0.3 is 0 Å². The molecule has 0 fully saturated rings. The van der Waals surface area contributed by atoms with Gasteiger partial charge in [0.05, 0.1) is 12.8 Å². The van der Waals surface area contributed by atoms with Crippen LogP contribution in [0.15, 0.2) is 49.1 Å². The minimum atomic E-state index is -0.726. The van der Waals surface area contributed by atoms with Gasteiger partial charge in [0.25, 0.3) is 5.91 Å². The van der Waals surface area contributed by atoms with Gasteiger partial charge in [-0.05, 0) is 36.2 Å². The second-order valence-corrected chi connectivity index (χ2v) is 4.94. The van der Waals surface area contributed by atoms with Gasteiger partial charge in [-0.15, -0.1) is 6.58 Å². The maximum Gasteiger partial charge on any atom is 0.262 e. The summed E-state index contributed by atoms with van der Waals surface area (Å²) in [6.45, 7) is 3.30. The molecule has 0 heterocycles. The molecule has 6 heteroatoms. The molecule has 2 aromatic carbocycles. The maximum absolute atomic E-state index is 13.5. The van der Waals surface area contributed by atoms with E-state index in [9.17, 15) is 13.6 Å². The Hall–Kier alpha value is -2.89. The van der Waals surface area contributed by atoms with Gasteiger partial charge in [-0.1, -0.05) is 12.1 Å². The first-order chi connectivity index (χ1) is 11.5. The number of nitrogens with one attached hydrogen (secondary N) is 1. The molecule has 0 unspecified atom stereocenters. The van der Waals surface area contributed by atoms with Crippen LogP contribution in [0.3, 0.4) is 0 Å². The van der Waals surface area contributed by atoms with E-state index in [1.54, 1.807) is 18.2 Å². The fourth-order valence-corrected chi connectivity index (χ4v) is 2.05. The van der Waals surface area contributed by atoms with Gasteiger partial charge in [0, 0.05) is 6.07 Å². The molecule has 0 atom stereocenters. The van der Waals surface area contributed by atoms with Crippen molar-refractivity contribution in [3.05, 3.63) is 66.3 Å². The average Bonchev–Trinajstić information content (AvgIpc) is 2.57. The highest BCUT2D eigenvalue weighted by molar-refractivity contribution is 5.92. The third kappa shape index (κ3) is 4.55. The Morgan fingerprint density at radius 1 is 1.21 bits per heavy atom. The standard InChI is InChI=1S/C18H17F2NO3/c1-3-4-12-5-8-16(17(9-12)23-2)24-11-18(22)21-15-10-13(19)6-7-14(15)20/h3,5-10H,1,4,11H2,2H3,(H,21,22). The minimum Gasteiger partial charge on any atom is -0.493 e. The number of amides is 1. The lowest BCUT2D eigenvalue weighted by Crippen LogP contribution is -2.21. The number of rotatable bonds is 7. The summed E-state index contributed by atoms with van der Waals surface area (Å²) in [5.74, 6) is -1.14. The number of anilines is 1. The number of hydrogen-bond donors (Lipinski definition) is 1. The Labute approximate surface area is 138 Å². The van der Waals surface area contributed by atoms with Gasteiger partial charge in [-0.25, -0.2) is 8.78 Å². The lowest BCUT2D eigenvalue weighted by atomic mass is 10.1. The Morgan fingerprint density at radius 2 is 2.00 bits per heavy atom. The van der Waals surface area contributed by atoms with Crippen molar-refractivity contribution in [1.82, 2.24) is 0 Å². The van der Waals surface area contributed by atoms with E-state index >= 15 is 0 Å². The molecule has 1 N–H and O–H groups in total. The Balaban J connectivity index is 2.01. The van der Waals surface area contributed by atoms with E-state index in [2.05, 4.69) is 11.9 Å². The van der Waals surface area contributed by atoms with Crippen LogP contribution < -0.4 is 14.8 Å². The molecule has 0 aromatic heterocycles. The number of allylic oxidation sites excluding steroid dienone is 1. The number of methoxy groups -OCH3 is 1. The van der Waals surface area contributed by atoms with Crippen LogP contribution in [0.5, 0.6) is 11.5 Å². The van der Waals surface area contributed by atoms with Crippen LogP contribution in [-0.2, 0) is 11.2 Å². The molecular weight excluding hydrogens is 316 g/mol. The zero-order chi connectivity index (χ0) is 17.5. The topological polar surface area (TPSA) is 47.6 Å². The summed E-state index contributed by atoms with van der Waals surface area (Å²) in [7, 11) is 1.49. The molecule has 0 aliphatic heterocycles. The van der Waals surface area contributed by atoms with Crippen LogP contribution in [0.25, 0.3) is 0 Å². The molecule has 24 heavy (non-hydrogen) atoms. The zero-order valence-electron chi connectivity index (χ0n) is 13.1. The highest BCUT2D eigenvalue weighted by atomic mass is 19.1. The molecule has 0 radical (unpaired) electrons. The van der Waals surface area contributed by atoms with Crippen LogP contribution in [0.2, 0.25) is 0 Å². The first kappa shape index (κ1) is 17.5. The molecule has 126 valence electrons. The summed E-state index contributed by atoms with van der Waals surface area (Å²) in [5.41, 5.74) is 0.748. The molecule has 0 spiro atoms. The van der Waals surface area contributed by atoms with E-state index in [1.807, 2.05) is 6.07 Å². The van der Waals surface area contributed by atoms with Crippen molar-refractivity contribution in [3.8, 4) is 11.5 Å². The van der Waals surface area contributed by atoms with Crippen molar-refractivity contribution in [2.45, 2.75) is 6.42 Å². The normalized spacial score (nSPS) is 10.1. The Kier molecular flexibility index (Phi) is 5.89. The van der Waals surface area contributed by atoms with Gasteiger partial charge in [-0.2, -0.15) is 0 Å². The summed E-state index contributed by atoms with van der Waals surface area (Å²) in [6.07, 6.45) is 2.44. The highest BCUT2D eigenvalue weighted by Gasteiger charge is 2.11. The van der Waals surface area contributed by atoms with E-state index in [-0.39, 0.29) is 12.3 Å². The number of ether oxygens (including phenoxy) is 2. The first-order valence-electron chi connectivity index (χ1n) is 7.19. The molecule has 2 rings (SSSR count). The van der Waals surface area contributed by atoms with Crippen LogP contribution in [0, 0.1) is 11.6 Å². The van der Waals surface area contributed by atoms with E-state index in [0.717, 1.165) is 23.8 Å². The molecule has 0 aliphatic carbocycles. The smallest absolute Gasteiger partial charge is 0.262 e. The number of hydrogen-bond acceptors (Lipinski definition) is 3. The molecule has 0 saturated heterocycles. The molecular formula is C18H17F2NO3. The highest BCUT2D eigenvalue weighted by Crippen LogP contribution is 2.28. The number of benzene rings is 2. The van der Waals surface area contributed by atoms with Crippen LogP contribution in [0.1, 0.15) is 5.56 Å². The summed E-state index contributed by atoms with van der Waals surface area (Å²) in [5, 5.41) is 2.26. The zero-order valence-corrected chi connectivity index (χ0v) is 13.1. The summed E-state index contributed by atoms with van der Waals surface area (Å²) < 4.78 is 37.2. The lowest BCUT2D eigenvalue weighted by molar-refractivity contribution is -0.118. The summed E-state index contributed by atoms with van der Waals surface area (Å²) in [6, 6.07) is 8.08. The molecule has 2 aromatic rings. The Bertz CT molecular complexity index is 747. The summed E-state index contributed by atoms with van der Waals surface area (Å²) >= 11 is 0. The third-order valence-corrected chi connectivity index (χ3v) is 3.17. The maximum atomic E-state index is 13.5. The fraction of sp³-hybridized carbons (Fsp3) is 0.167. The summed E-state index contributed by atoms with van der Waals surface area (Å²) in [4.78, 5) is 11.8. The van der Waals surface area contributed by atoms with Crippen molar-refractivity contribution in [2.24, 2.45) is 0 Å². The van der Waals surface area contributed by atoms with E-state index in [4.69, 9.17) is 9.47 Å². The predicted molar refractivity (Wildman–Crippen MR) is 87.4 cm³/mol. The molecule has 4 nitrogen and oxygen atoms in total. The van der Waals surface area contributed by atoms with Crippen molar-refractivity contribution in [2.75, 3.05) is 19.0 Å². The van der Waals surface area contributed by atoms with Gasteiger partial charge in [-0.3, -0.25) is 4.79 Å². The van der Waals surface area contributed by atoms with Crippen LogP contribution in [0.4, 0.5) is 14.5 Å². The third-order valence-electron chi connectivity index (χ3n) is 3.17. The molecule has 0 bridgehead atoms. The monoisotopic (exact) mass is 333 g/mol. The van der Waals surface area contributed by atoms with Gasteiger partial charge in [0.2, 0.25) is 0 Å². The predicted octanol–water partition coefficient (Wildman–Crippen LogP) is 3.72. The van der Waals surface area contributed by atoms with Crippen LogP contribution >= 0.6 is 0 Å². The van der Waals surface area contributed by atoms with Gasteiger partial charge in [0.1, 0.15) is 11.6 Å². The number of carbonyl (C=O) groups excluding carboxylic acids is 1. The first-order valence-corrected chi connectivity index (χ1v) is 7.19. The van der Waals surface area contributed by atoms with Gasteiger partial charge < -0.3 is 14.8 Å². The van der Waals surface area contributed by atoms with Crippen molar-refractivity contribution >= 4 is 11.6 Å². The van der Waals surface area contributed by atoms with Crippen molar-refractivity contribution in [3.63, 3.8) is 0 Å². The van der Waals surface area contributed by atoms with Crippen LogP contribution in [-0.4, -0.2) is 19.6 Å². The molecule has 1 amide bonds. The van der Waals surface area contributed by atoms with E-state index in [1.165, 1.54) is 7.11 Å². The van der Waals surface area contributed by atoms with Gasteiger partial charge in [0.15, 0.2) is 18.1 Å². The minimum absolute atomic E-state index is 0.239. The number of halogens is 2. The molecule has 0 saturated carbocycles.